The Morgan fingerprint density at radius 2 is 0.546 bits per heavy atom. The molecule has 512 valence electrons. The molecule has 0 amide bonds. The van der Waals surface area contributed by atoms with Crippen LogP contribution >= 0.6 is 0 Å². The summed E-state index contributed by atoms with van der Waals surface area (Å²) < 4.78 is 18.3. The second-order valence-electron chi connectivity index (χ2n) is 33.4. The summed E-state index contributed by atoms with van der Waals surface area (Å²) in [7, 11) is 0. The zero-order valence-electron chi connectivity index (χ0n) is 62.4. The maximum atomic E-state index is 13.6. The molecule has 8 aromatic rings. The van der Waals surface area contributed by atoms with Crippen LogP contribution in [0.2, 0.25) is 0 Å². The van der Waals surface area contributed by atoms with Crippen LogP contribution in [0.5, 0.6) is 11.5 Å². The normalized spacial score (nSPS) is 13.3. The molecule has 0 aliphatic rings. The molecule has 0 saturated carbocycles. The minimum atomic E-state index is -1.40. The van der Waals surface area contributed by atoms with Gasteiger partial charge < -0.3 is 14.2 Å². The zero-order chi connectivity index (χ0) is 70.8. The number of rotatable bonds is 26. The van der Waals surface area contributed by atoms with Gasteiger partial charge in [0.05, 0.1) is 36.7 Å². The van der Waals surface area contributed by atoms with Crippen LogP contribution in [-0.4, -0.2) is 31.6 Å². The number of ether oxygens (including phenoxy) is 3. The highest BCUT2D eigenvalue weighted by Crippen LogP contribution is 2.49. The molecule has 6 nitrogen and oxygen atoms in total. The molecule has 0 aromatic heterocycles. The van der Waals surface area contributed by atoms with E-state index in [0.717, 1.165) is 41.9 Å². The molecule has 0 aliphatic heterocycles. The fraction of sp³-hybridized carbons (Fsp3) is 0.440. The van der Waals surface area contributed by atoms with Gasteiger partial charge in [-0.25, -0.2) is 0 Å². The number of hydrogen-bond acceptors (Lipinski definition) is 6. The number of hydrogen-bond donors (Lipinski definition) is 0. The molecule has 1 unspecified atom stereocenters. The van der Waals surface area contributed by atoms with Crippen LogP contribution in [0.15, 0.2) is 194 Å². The summed E-state index contributed by atoms with van der Waals surface area (Å²) in [4.78, 5) is 27.2. The van der Waals surface area contributed by atoms with Crippen LogP contribution in [0, 0.1) is 16.7 Å². The van der Waals surface area contributed by atoms with E-state index in [0.29, 0.717) is 32.5 Å². The molecular weight excluding hydrogens is 1190 g/mol. The predicted molar refractivity (Wildman–Crippen MR) is 404 cm³/mol. The lowest BCUT2D eigenvalue weighted by molar-refractivity contribution is -0.153. The average molecular weight is 1300 g/mol. The number of benzene rings is 8. The maximum absolute atomic E-state index is 13.6. The molecule has 0 saturated heterocycles. The van der Waals surface area contributed by atoms with E-state index in [4.69, 9.17) is 14.2 Å². The van der Waals surface area contributed by atoms with Crippen molar-refractivity contribution < 1.29 is 23.8 Å². The van der Waals surface area contributed by atoms with Crippen molar-refractivity contribution in [3.63, 3.8) is 0 Å². The van der Waals surface area contributed by atoms with Gasteiger partial charge in [0.1, 0.15) is 17.3 Å². The van der Waals surface area contributed by atoms with E-state index in [1.807, 2.05) is 12.1 Å². The third kappa shape index (κ3) is 17.7. The minimum absolute atomic E-state index is 0.00442. The van der Waals surface area contributed by atoms with E-state index in [-0.39, 0.29) is 64.1 Å². The molecule has 0 bridgehead atoms. The van der Waals surface area contributed by atoms with Gasteiger partial charge in [0.25, 0.3) is 0 Å². The molecule has 0 spiro atoms. The van der Waals surface area contributed by atoms with Crippen LogP contribution in [0.25, 0.3) is 0 Å². The van der Waals surface area contributed by atoms with E-state index in [1.165, 1.54) is 66.8 Å². The van der Waals surface area contributed by atoms with E-state index in [1.54, 1.807) is 6.92 Å². The topological polar surface area (TPSA) is 85.6 Å². The standard InChI is InChI=1S/C91H113NO5/c1-20-95-82(94)89(64-92,60-23-21-22-24-62-96-80-55-51-77(52-56-80)90(71-39-27-65(28-40-71)83(2,3)4,72-41-29-66(30-42-72)84(5,6)7)73-43-31-67(32-44-73)85(8,9)10)61-59-79(93)26-25-63-97-81-57-53-78(54-58-81)91(74-45-33-68(34-46-74)86(11,12)13,75-47-35-69(36-48-75)87(14,15)16)76-49-37-70(38-50-76)88(17,18)19/h27-58H,20-26,59-63H2,1-19H3. The predicted octanol–water partition coefficient (Wildman–Crippen LogP) is 22.8. The van der Waals surface area contributed by atoms with Gasteiger partial charge in [0, 0.05) is 12.8 Å². The molecule has 6 heteroatoms. The number of carbonyl (C=O) groups is 2. The van der Waals surface area contributed by atoms with Crippen LogP contribution < -0.4 is 9.47 Å². The molecule has 1 atom stereocenters. The fourth-order valence-corrected chi connectivity index (χ4v) is 13.7. The van der Waals surface area contributed by atoms with Crippen molar-refractivity contribution in [1.82, 2.24) is 0 Å². The highest BCUT2D eigenvalue weighted by molar-refractivity contribution is 5.83. The van der Waals surface area contributed by atoms with Gasteiger partial charge in [-0.3, -0.25) is 9.59 Å². The van der Waals surface area contributed by atoms with E-state index in [9.17, 15) is 14.9 Å². The van der Waals surface area contributed by atoms with Crippen molar-refractivity contribution in [1.29, 1.82) is 5.26 Å². The smallest absolute Gasteiger partial charge is 0.326 e. The third-order valence-corrected chi connectivity index (χ3v) is 20.0. The SMILES string of the molecule is CCOC(=O)C(C#N)(CCCCCCOc1ccc(C(c2ccc(C(C)(C)C)cc2)(c2ccc(C(C)(C)C)cc2)c2ccc(C(C)(C)C)cc2)cc1)CCC(=O)CCCOc1ccc(C(c2ccc(C(C)(C)C)cc2)(c2ccc(C(C)(C)C)cc2)c2ccc(C(C)(C)C)cc2)cc1. The number of esters is 1. The van der Waals surface area contributed by atoms with Gasteiger partial charge in [0.15, 0.2) is 5.41 Å². The van der Waals surface area contributed by atoms with Crippen molar-refractivity contribution in [2.24, 2.45) is 5.41 Å². The van der Waals surface area contributed by atoms with Gasteiger partial charge in [-0.15, -0.1) is 0 Å². The zero-order valence-corrected chi connectivity index (χ0v) is 62.4. The van der Waals surface area contributed by atoms with Crippen molar-refractivity contribution in [2.45, 2.75) is 233 Å². The quantitative estimate of drug-likeness (QED) is 0.0305. The maximum Gasteiger partial charge on any atom is 0.326 e. The molecule has 8 aromatic carbocycles. The second kappa shape index (κ2) is 30.4. The number of nitriles is 1. The van der Waals surface area contributed by atoms with Crippen molar-refractivity contribution in [3.8, 4) is 17.6 Å². The number of unbranched alkanes of at least 4 members (excludes halogenated alkanes) is 3. The fourth-order valence-electron chi connectivity index (χ4n) is 13.7. The van der Waals surface area contributed by atoms with Gasteiger partial charge in [-0.05, 0) is 167 Å². The van der Waals surface area contributed by atoms with Crippen molar-refractivity contribution in [3.05, 3.63) is 272 Å². The summed E-state index contributed by atoms with van der Waals surface area (Å²) in [6.45, 7) is 43.5. The summed E-state index contributed by atoms with van der Waals surface area (Å²) in [6, 6.07) is 74.8. The molecule has 0 fully saturated rings. The monoisotopic (exact) mass is 1300 g/mol. The summed E-state index contributed by atoms with van der Waals surface area (Å²) in [6.07, 6.45) is 4.44. The van der Waals surface area contributed by atoms with E-state index < -0.39 is 22.2 Å². The lowest BCUT2D eigenvalue weighted by atomic mass is 9.64. The Balaban J connectivity index is 0.897. The lowest BCUT2D eigenvalue weighted by Gasteiger charge is -2.38. The number of nitrogens with zero attached hydrogens (tertiary/aromatic N) is 1. The first kappa shape index (κ1) is 74.8. The Kier molecular flexibility index (Phi) is 23.4. The van der Waals surface area contributed by atoms with Gasteiger partial charge >= 0.3 is 5.97 Å². The molecule has 0 radical (unpaired) electrons. The largest absolute Gasteiger partial charge is 0.494 e. The van der Waals surface area contributed by atoms with E-state index >= 15 is 0 Å². The highest BCUT2D eigenvalue weighted by atomic mass is 16.5. The highest BCUT2D eigenvalue weighted by Gasteiger charge is 2.43. The Labute approximate surface area is 585 Å². The number of Topliss-reactive ketones (excluding diaryl/α,β-unsaturated/α-hetero) is 1. The van der Waals surface area contributed by atoms with E-state index in [2.05, 4.69) is 313 Å². The molecular formula is C91H113NO5. The summed E-state index contributed by atoms with van der Waals surface area (Å²) >= 11 is 0. The minimum Gasteiger partial charge on any atom is -0.494 e. The van der Waals surface area contributed by atoms with Crippen LogP contribution in [0.1, 0.15) is 267 Å². The van der Waals surface area contributed by atoms with Crippen LogP contribution in [0.3, 0.4) is 0 Å². The Bertz CT molecular complexity index is 3600. The summed E-state index contributed by atoms with van der Waals surface area (Å²) in [5.41, 5.74) is 14.4. The Hall–Kier alpha value is -8.01. The first-order valence-electron chi connectivity index (χ1n) is 35.8. The molecule has 97 heavy (non-hydrogen) atoms. The van der Waals surface area contributed by atoms with Gasteiger partial charge in [0.2, 0.25) is 0 Å². The Morgan fingerprint density at radius 3 is 0.794 bits per heavy atom. The molecule has 0 heterocycles. The van der Waals surface area contributed by atoms with Crippen molar-refractivity contribution in [2.75, 3.05) is 19.8 Å². The average Bonchev–Trinajstić information content (AvgIpc) is 0.736. The Morgan fingerprint density at radius 1 is 0.309 bits per heavy atom. The first-order valence-corrected chi connectivity index (χ1v) is 35.8. The first-order chi connectivity index (χ1) is 45.6. The number of ketones is 1. The third-order valence-electron chi connectivity index (χ3n) is 20.0. The number of carbonyl (C=O) groups excluding carboxylic acids is 2. The van der Waals surface area contributed by atoms with Crippen molar-refractivity contribution >= 4 is 11.8 Å². The van der Waals surface area contributed by atoms with Crippen LogP contribution in [-0.2, 0) is 57.6 Å². The van der Waals surface area contributed by atoms with Crippen LogP contribution in [0.4, 0.5) is 0 Å². The summed E-state index contributed by atoms with van der Waals surface area (Å²) in [5.74, 6) is 0.970. The molecule has 8 rings (SSSR count). The second-order valence-corrected chi connectivity index (χ2v) is 33.4. The van der Waals surface area contributed by atoms with Gasteiger partial charge in [-0.1, -0.05) is 314 Å². The summed E-state index contributed by atoms with van der Waals surface area (Å²) in [5, 5.41) is 10.7. The molecule has 0 aliphatic carbocycles. The van der Waals surface area contributed by atoms with Gasteiger partial charge in [-0.2, -0.15) is 5.26 Å². The molecule has 0 N–H and O–H groups in total. The lowest BCUT2D eigenvalue weighted by Crippen LogP contribution is -2.32.